The van der Waals surface area contributed by atoms with E-state index in [1.54, 1.807) is 25.1 Å². The summed E-state index contributed by atoms with van der Waals surface area (Å²) in [6, 6.07) is 4.71. The number of carboxylic acids is 1. The Hall–Kier alpha value is -2.54. The van der Waals surface area contributed by atoms with E-state index in [2.05, 4.69) is 5.32 Å². The van der Waals surface area contributed by atoms with Crippen LogP contribution in [0.25, 0.3) is 6.08 Å². The highest BCUT2D eigenvalue weighted by Gasteiger charge is 2.43. The maximum absolute atomic E-state index is 12.0. The topological polar surface area (TPSA) is 116 Å². The molecule has 0 unspecified atom stereocenters. The Morgan fingerprint density at radius 2 is 1.92 bits per heavy atom. The summed E-state index contributed by atoms with van der Waals surface area (Å²) in [6.45, 7) is 1.76. The smallest absolute Gasteiger partial charge is 0.309 e. The van der Waals surface area contributed by atoms with E-state index in [4.69, 9.17) is 4.74 Å². The van der Waals surface area contributed by atoms with E-state index in [0.717, 1.165) is 0 Å². The highest BCUT2D eigenvalue weighted by Crippen LogP contribution is 2.40. The minimum atomic E-state index is -1.08. The third kappa shape index (κ3) is 4.76. The van der Waals surface area contributed by atoms with Gasteiger partial charge in [-0.2, -0.15) is 0 Å². The van der Waals surface area contributed by atoms with Crippen LogP contribution in [0.4, 0.5) is 0 Å². The van der Waals surface area contributed by atoms with Crippen LogP contribution >= 0.6 is 0 Å². The number of phenolic OH excluding ortho intramolecular Hbond substituents is 1. The summed E-state index contributed by atoms with van der Waals surface area (Å²) in [5.41, 5.74) is -1.21. The lowest BCUT2D eigenvalue weighted by Crippen LogP contribution is -2.48. The second-order valence-electron chi connectivity index (χ2n) is 7.07. The van der Waals surface area contributed by atoms with Crippen molar-refractivity contribution in [2.75, 3.05) is 13.7 Å². The summed E-state index contributed by atoms with van der Waals surface area (Å²) in [5, 5.41) is 32.0. The van der Waals surface area contributed by atoms with Gasteiger partial charge >= 0.3 is 5.97 Å². The molecule has 1 amide bonds. The average Bonchev–Trinajstić information content (AvgIpc) is 2.62. The number of phenols is 1. The molecule has 0 saturated heterocycles. The molecule has 0 aromatic heterocycles. The predicted molar refractivity (Wildman–Crippen MR) is 95.9 cm³/mol. The van der Waals surface area contributed by atoms with Crippen molar-refractivity contribution in [3.63, 3.8) is 0 Å². The number of methoxy groups -OCH3 is 1. The van der Waals surface area contributed by atoms with Crippen molar-refractivity contribution < 1.29 is 29.6 Å². The Morgan fingerprint density at radius 1 is 1.27 bits per heavy atom. The van der Waals surface area contributed by atoms with Crippen LogP contribution in [0.1, 0.15) is 38.2 Å². The maximum Gasteiger partial charge on any atom is 0.309 e. The number of amides is 1. The summed E-state index contributed by atoms with van der Waals surface area (Å²) in [6.07, 6.45) is 4.31. The van der Waals surface area contributed by atoms with Crippen molar-refractivity contribution in [1.29, 1.82) is 0 Å². The summed E-state index contributed by atoms with van der Waals surface area (Å²) < 4.78 is 5.01. The standard InChI is InChI=1S/C19H25NO6/c1-18(17(23)24)7-9-19(25,10-8-18)12-20-16(22)6-4-13-3-5-14(21)15(11-13)26-2/h3-6,11,21,25H,7-10,12H2,1-2H3,(H,20,22)(H,23,24). The molecule has 1 aromatic rings. The second-order valence-corrected chi connectivity index (χ2v) is 7.07. The van der Waals surface area contributed by atoms with Crippen molar-refractivity contribution >= 4 is 18.0 Å². The van der Waals surface area contributed by atoms with Gasteiger partial charge in [0, 0.05) is 12.6 Å². The molecule has 1 aromatic carbocycles. The molecule has 0 radical (unpaired) electrons. The number of ether oxygens (including phenoxy) is 1. The molecule has 7 nitrogen and oxygen atoms in total. The molecule has 26 heavy (non-hydrogen) atoms. The molecule has 1 aliphatic carbocycles. The fourth-order valence-corrected chi connectivity index (χ4v) is 2.94. The Bertz CT molecular complexity index is 704. The van der Waals surface area contributed by atoms with Crippen LogP contribution in [0.5, 0.6) is 11.5 Å². The van der Waals surface area contributed by atoms with Crippen molar-refractivity contribution in [3.8, 4) is 11.5 Å². The lowest BCUT2D eigenvalue weighted by molar-refractivity contribution is -0.153. The van der Waals surface area contributed by atoms with E-state index in [9.17, 15) is 24.9 Å². The normalized spacial score (nSPS) is 25.8. The first-order valence-corrected chi connectivity index (χ1v) is 8.46. The average molecular weight is 363 g/mol. The Labute approximate surface area is 152 Å². The summed E-state index contributed by atoms with van der Waals surface area (Å²) in [7, 11) is 1.44. The van der Waals surface area contributed by atoms with Gasteiger partial charge in [-0.3, -0.25) is 9.59 Å². The van der Waals surface area contributed by atoms with E-state index in [1.807, 2.05) is 0 Å². The monoisotopic (exact) mass is 363 g/mol. The molecule has 4 N–H and O–H groups in total. The van der Waals surface area contributed by atoms with Crippen molar-refractivity contribution in [3.05, 3.63) is 29.8 Å². The van der Waals surface area contributed by atoms with Gasteiger partial charge in [0.15, 0.2) is 11.5 Å². The quantitative estimate of drug-likeness (QED) is 0.574. The molecule has 0 bridgehead atoms. The predicted octanol–water partition coefficient (Wildman–Crippen LogP) is 1.93. The molecular formula is C19H25NO6. The first-order chi connectivity index (χ1) is 12.2. The molecule has 2 rings (SSSR count). The number of carbonyl (C=O) groups is 2. The van der Waals surface area contributed by atoms with Gasteiger partial charge in [-0.05, 0) is 56.4 Å². The molecular weight excluding hydrogens is 338 g/mol. The molecule has 0 spiro atoms. The third-order valence-corrected chi connectivity index (χ3v) is 5.02. The summed E-state index contributed by atoms with van der Waals surface area (Å²) in [5.74, 6) is -0.889. The van der Waals surface area contributed by atoms with Crippen molar-refractivity contribution in [2.45, 2.75) is 38.2 Å². The number of nitrogens with one attached hydrogen (secondary N) is 1. The van der Waals surface area contributed by atoms with Gasteiger partial charge in [0.1, 0.15) is 0 Å². The highest BCUT2D eigenvalue weighted by molar-refractivity contribution is 5.91. The molecule has 0 atom stereocenters. The van der Waals surface area contributed by atoms with Gasteiger partial charge in [-0.25, -0.2) is 0 Å². The fraction of sp³-hybridized carbons (Fsp3) is 0.474. The van der Waals surface area contributed by atoms with Gasteiger partial charge in [-0.1, -0.05) is 6.07 Å². The van der Waals surface area contributed by atoms with Gasteiger partial charge < -0.3 is 25.4 Å². The van der Waals surface area contributed by atoms with E-state index in [0.29, 0.717) is 37.0 Å². The molecule has 0 aliphatic heterocycles. The van der Waals surface area contributed by atoms with Crippen molar-refractivity contribution in [1.82, 2.24) is 5.32 Å². The van der Waals surface area contributed by atoms with Crippen molar-refractivity contribution in [2.24, 2.45) is 5.41 Å². The van der Waals surface area contributed by atoms with Crippen LogP contribution in [-0.2, 0) is 9.59 Å². The SMILES string of the molecule is COc1cc(C=CC(=O)NCC2(O)CCC(C)(C(=O)O)CC2)ccc1O. The van der Waals surface area contributed by atoms with Crippen LogP contribution in [-0.4, -0.2) is 46.5 Å². The second kappa shape index (κ2) is 7.78. The number of carboxylic acid groups (broad SMARTS) is 1. The first kappa shape index (κ1) is 19.8. The molecule has 1 saturated carbocycles. The number of hydrogen-bond donors (Lipinski definition) is 4. The number of aromatic hydroxyl groups is 1. The lowest BCUT2D eigenvalue weighted by Gasteiger charge is -2.39. The Morgan fingerprint density at radius 3 is 2.50 bits per heavy atom. The van der Waals surface area contributed by atoms with Gasteiger partial charge in [0.25, 0.3) is 0 Å². The molecule has 1 fully saturated rings. The Kier molecular flexibility index (Phi) is 5.92. The first-order valence-electron chi connectivity index (χ1n) is 8.46. The zero-order valence-corrected chi connectivity index (χ0v) is 15.0. The van der Waals surface area contributed by atoms with Gasteiger partial charge in [-0.15, -0.1) is 0 Å². The highest BCUT2D eigenvalue weighted by atomic mass is 16.5. The van der Waals surface area contributed by atoms with Crippen LogP contribution in [0, 0.1) is 5.41 Å². The van der Waals surface area contributed by atoms with E-state index >= 15 is 0 Å². The number of carbonyl (C=O) groups excluding carboxylic acids is 1. The van der Waals surface area contributed by atoms with Gasteiger partial charge in [0.2, 0.25) is 5.91 Å². The van der Waals surface area contributed by atoms with Crippen LogP contribution in [0.2, 0.25) is 0 Å². The van der Waals surface area contributed by atoms with Gasteiger partial charge in [0.05, 0.1) is 18.1 Å². The Balaban J connectivity index is 1.88. The molecule has 7 heteroatoms. The summed E-state index contributed by atoms with van der Waals surface area (Å²) in [4.78, 5) is 23.2. The fourth-order valence-electron chi connectivity index (χ4n) is 2.94. The zero-order valence-electron chi connectivity index (χ0n) is 15.0. The lowest BCUT2D eigenvalue weighted by atomic mass is 9.70. The van der Waals surface area contributed by atoms with E-state index < -0.39 is 17.0 Å². The number of hydrogen-bond acceptors (Lipinski definition) is 5. The summed E-state index contributed by atoms with van der Waals surface area (Å²) >= 11 is 0. The van der Waals surface area contributed by atoms with Crippen LogP contribution in [0.15, 0.2) is 24.3 Å². The maximum atomic E-state index is 12.0. The number of aliphatic hydroxyl groups is 1. The van der Waals surface area contributed by atoms with E-state index in [1.165, 1.54) is 19.3 Å². The minimum Gasteiger partial charge on any atom is -0.504 e. The number of aliphatic carboxylic acids is 1. The molecule has 0 heterocycles. The van der Waals surface area contributed by atoms with Crippen LogP contribution < -0.4 is 10.1 Å². The largest absolute Gasteiger partial charge is 0.504 e. The number of rotatable bonds is 6. The van der Waals surface area contributed by atoms with E-state index in [-0.39, 0.29) is 18.2 Å². The number of benzene rings is 1. The third-order valence-electron chi connectivity index (χ3n) is 5.02. The minimum absolute atomic E-state index is 0.0157. The zero-order chi connectivity index (χ0) is 19.4. The molecule has 1 aliphatic rings. The van der Waals surface area contributed by atoms with Crippen LogP contribution in [0.3, 0.4) is 0 Å². The molecule has 142 valence electrons.